The van der Waals surface area contributed by atoms with E-state index in [1.165, 1.54) is 0 Å². The van der Waals surface area contributed by atoms with Crippen LogP contribution < -0.4 is 14.8 Å². The Hall–Kier alpha value is -3.19. The molecule has 2 amide bonds. The van der Waals surface area contributed by atoms with E-state index in [0.29, 0.717) is 54.9 Å². The summed E-state index contributed by atoms with van der Waals surface area (Å²) >= 11 is 6.05. The highest BCUT2D eigenvalue weighted by Gasteiger charge is 2.26. The molecule has 2 heterocycles. The smallest absolute Gasteiger partial charge is 0.270 e. The van der Waals surface area contributed by atoms with Gasteiger partial charge in [-0.2, -0.15) is 0 Å². The summed E-state index contributed by atoms with van der Waals surface area (Å²) in [4.78, 5) is 30.5. The van der Waals surface area contributed by atoms with Crippen molar-refractivity contribution in [2.75, 3.05) is 26.8 Å². The first kappa shape index (κ1) is 24.0. The molecule has 34 heavy (non-hydrogen) atoms. The summed E-state index contributed by atoms with van der Waals surface area (Å²) < 4.78 is 10.9. The highest BCUT2D eigenvalue weighted by Crippen LogP contribution is 2.28. The van der Waals surface area contributed by atoms with Crippen LogP contribution in [-0.2, 0) is 11.3 Å². The number of rotatable bonds is 8. The number of aromatic nitrogens is 1. The average molecular weight is 484 g/mol. The van der Waals surface area contributed by atoms with E-state index in [9.17, 15) is 9.59 Å². The van der Waals surface area contributed by atoms with Gasteiger partial charge in [-0.1, -0.05) is 17.7 Å². The fourth-order valence-corrected chi connectivity index (χ4v) is 4.54. The second kappa shape index (κ2) is 10.8. The van der Waals surface area contributed by atoms with E-state index in [1.54, 1.807) is 13.2 Å². The van der Waals surface area contributed by atoms with E-state index >= 15 is 0 Å². The van der Waals surface area contributed by atoms with E-state index in [1.807, 2.05) is 48.2 Å². The van der Waals surface area contributed by atoms with Gasteiger partial charge in [0.25, 0.3) is 5.91 Å². The fourth-order valence-electron chi connectivity index (χ4n) is 4.36. The summed E-state index contributed by atoms with van der Waals surface area (Å²) in [5, 5.41) is 4.56. The molecule has 0 aliphatic carbocycles. The number of nitrogens with zero attached hydrogens (tertiary/aromatic N) is 1. The maximum atomic E-state index is 12.9. The molecule has 2 N–H and O–H groups in total. The highest BCUT2D eigenvalue weighted by molar-refractivity contribution is 6.31. The lowest BCUT2D eigenvalue weighted by molar-refractivity contribution is -0.122. The van der Waals surface area contributed by atoms with Gasteiger partial charge in [0.15, 0.2) is 11.5 Å². The Kier molecular flexibility index (Phi) is 7.63. The minimum atomic E-state index is -0.0142. The molecule has 3 aromatic rings. The number of H-pyrrole nitrogens is 1. The van der Waals surface area contributed by atoms with Gasteiger partial charge in [0.05, 0.1) is 13.7 Å². The van der Waals surface area contributed by atoms with Crippen LogP contribution in [0.15, 0.2) is 42.5 Å². The molecule has 1 aliphatic heterocycles. The number of likely N-dealkylation sites (tertiary alicyclic amines) is 1. The van der Waals surface area contributed by atoms with E-state index in [4.69, 9.17) is 21.1 Å². The number of fused-ring (bicyclic) bond motifs is 1. The Morgan fingerprint density at radius 1 is 1.12 bits per heavy atom. The summed E-state index contributed by atoms with van der Waals surface area (Å²) in [6.07, 6.45) is 2.07. The molecule has 0 bridgehead atoms. The summed E-state index contributed by atoms with van der Waals surface area (Å²) in [6.45, 7) is 4.20. The van der Waals surface area contributed by atoms with Crippen molar-refractivity contribution < 1.29 is 19.1 Å². The number of carbonyl (C=O) groups is 2. The first-order valence-corrected chi connectivity index (χ1v) is 12.0. The third-order valence-electron chi connectivity index (χ3n) is 6.21. The minimum absolute atomic E-state index is 0.0142. The number of aromatic amines is 1. The Labute approximate surface area is 204 Å². The molecular weight excluding hydrogens is 454 g/mol. The summed E-state index contributed by atoms with van der Waals surface area (Å²) in [6, 6.07) is 13.0. The molecule has 0 unspecified atom stereocenters. The molecule has 0 radical (unpaired) electrons. The average Bonchev–Trinajstić information content (AvgIpc) is 3.27. The predicted molar refractivity (Wildman–Crippen MR) is 133 cm³/mol. The summed E-state index contributed by atoms with van der Waals surface area (Å²) in [5.74, 6) is 1.62. The monoisotopic (exact) mass is 483 g/mol. The van der Waals surface area contributed by atoms with Gasteiger partial charge in [-0.25, -0.2) is 0 Å². The standard InChI is InChI=1S/C26H30ClN3O4/c1-3-34-23-7-4-18(12-24(23)33-2)16-28-25(31)13-17-8-10-30(11-9-17)26(32)22-15-19-14-20(27)5-6-21(19)29-22/h4-7,12,14-15,17,29H,3,8-11,13,16H2,1-2H3,(H,28,31). The zero-order chi connectivity index (χ0) is 24.1. The van der Waals surface area contributed by atoms with E-state index in [0.717, 1.165) is 29.3 Å². The first-order chi connectivity index (χ1) is 16.5. The van der Waals surface area contributed by atoms with Crippen molar-refractivity contribution in [1.29, 1.82) is 0 Å². The Morgan fingerprint density at radius 2 is 1.91 bits per heavy atom. The Bertz CT molecular complexity index is 1170. The highest BCUT2D eigenvalue weighted by atomic mass is 35.5. The predicted octanol–water partition coefficient (Wildman–Crippen LogP) is 4.79. The topological polar surface area (TPSA) is 83.7 Å². The van der Waals surface area contributed by atoms with E-state index in [-0.39, 0.29) is 17.7 Å². The Morgan fingerprint density at radius 3 is 2.65 bits per heavy atom. The van der Waals surface area contributed by atoms with Crippen LogP contribution in [0.2, 0.25) is 5.02 Å². The van der Waals surface area contributed by atoms with Crippen LogP contribution in [0.4, 0.5) is 0 Å². The number of piperidine rings is 1. The zero-order valence-corrected chi connectivity index (χ0v) is 20.3. The molecule has 0 spiro atoms. The molecule has 0 atom stereocenters. The fraction of sp³-hybridized carbons (Fsp3) is 0.385. The number of hydrogen-bond donors (Lipinski definition) is 2. The van der Waals surface area contributed by atoms with E-state index in [2.05, 4.69) is 10.3 Å². The van der Waals surface area contributed by atoms with Crippen LogP contribution >= 0.6 is 11.6 Å². The number of halogens is 1. The van der Waals surface area contributed by atoms with E-state index < -0.39 is 0 Å². The molecule has 0 saturated carbocycles. The number of hydrogen-bond acceptors (Lipinski definition) is 4. The third kappa shape index (κ3) is 5.65. The molecule has 7 nitrogen and oxygen atoms in total. The van der Waals surface area contributed by atoms with Crippen molar-refractivity contribution in [3.63, 3.8) is 0 Å². The van der Waals surface area contributed by atoms with Crippen LogP contribution in [0.3, 0.4) is 0 Å². The summed E-state index contributed by atoms with van der Waals surface area (Å²) in [5.41, 5.74) is 2.41. The number of carbonyl (C=O) groups excluding carboxylic acids is 2. The van der Waals surface area contributed by atoms with Gasteiger partial charge in [0, 0.05) is 42.0 Å². The second-order valence-electron chi connectivity index (χ2n) is 8.55. The molecule has 2 aromatic carbocycles. The molecule has 1 saturated heterocycles. The molecule has 1 aromatic heterocycles. The number of nitrogens with one attached hydrogen (secondary N) is 2. The van der Waals surface area contributed by atoms with Crippen molar-refractivity contribution in [3.05, 3.63) is 58.7 Å². The van der Waals surface area contributed by atoms with Crippen LogP contribution in [-0.4, -0.2) is 48.5 Å². The molecule has 4 rings (SSSR count). The SMILES string of the molecule is CCOc1ccc(CNC(=O)CC2CCN(C(=O)c3cc4cc(Cl)ccc4[nH]3)CC2)cc1OC. The van der Waals surface area contributed by atoms with Gasteiger partial charge in [0.2, 0.25) is 5.91 Å². The number of amides is 2. The van der Waals surface area contributed by atoms with Crippen molar-refractivity contribution in [1.82, 2.24) is 15.2 Å². The van der Waals surface area contributed by atoms with Gasteiger partial charge < -0.3 is 24.7 Å². The largest absolute Gasteiger partial charge is 0.493 e. The van der Waals surface area contributed by atoms with Gasteiger partial charge >= 0.3 is 0 Å². The number of methoxy groups -OCH3 is 1. The Balaban J connectivity index is 1.25. The van der Waals surface area contributed by atoms with Gasteiger partial charge in [-0.05, 0) is 67.6 Å². The van der Waals surface area contributed by atoms with Crippen LogP contribution in [0.25, 0.3) is 10.9 Å². The molecule has 1 aliphatic rings. The minimum Gasteiger partial charge on any atom is -0.493 e. The maximum Gasteiger partial charge on any atom is 0.270 e. The third-order valence-corrected chi connectivity index (χ3v) is 6.44. The number of benzene rings is 2. The molecule has 8 heteroatoms. The molecular formula is C26H30ClN3O4. The van der Waals surface area contributed by atoms with Crippen molar-refractivity contribution in [3.8, 4) is 11.5 Å². The zero-order valence-electron chi connectivity index (χ0n) is 19.5. The van der Waals surface area contributed by atoms with Crippen molar-refractivity contribution >= 4 is 34.3 Å². The summed E-state index contributed by atoms with van der Waals surface area (Å²) in [7, 11) is 1.60. The normalized spacial score (nSPS) is 14.3. The number of ether oxygens (including phenoxy) is 2. The first-order valence-electron chi connectivity index (χ1n) is 11.6. The van der Waals surface area contributed by atoms with Gasteiger partial charge in [0.1, 0.15) is 5.69 Å². The van der Waals surface area contributed by atoms with Crippen molar-refractivity contribution in [2.45, 2.75) is 32.7 Å². The lowest BCUT2D eigenvalue weighted by atomic mass is 9.93. The van der Waals surface area contributed by atoms with Crippen LogP contribution in [0.1, 0.15) is 42.2 Å². The lowest BCUT2D eigenvalue weighted by Gasteiger charge is -2.31. The lowest BCUT2D eigenvalue weighted by Crippen LogP contribution is -2.39. The maximum absolute atomic E-state index is 12.9. The quantitative estimate of drug-likeness (QED) is 0.482. The second-order valence-corrected chi connectivity index (χ2v) is 8.99. The van der Waals surface area contributed by atoms with Gasteiger partial charge in [-0.15, -0.1) is 0 Å². The van der Waals surface area contributed by atoms with Gasteiger partial charge in [-0.3, -0.25) is 9.59 Å². The molecule has 180 valence electrons. The molecule has 1 fully saturated rings. The van der Waals surface area contributed by atoms with Crippen molar-refractivity contribution in [2.24, 2.45) is 5.92 Å². The van der Waals surface area contributed by atoms with Crippen LogP contribution in [0, 0.1) is 5.92 Å². The van der Waals surface area contributed by atoms with Crippen LogP contribution in [0.5, 0.6) is 11.5 Å².